The van der Waals surface area contributed by atoms with Gasteiger partial charge < -0.3 is 9.31 Å². The predicted octanol–water partition coefficient (Wildman–Crippen LogP) is 3.48. The summed E-state index contributed by atoms with van der Waals surface area (Å²) in [6.45, 7) is 10.2. The lowest BCUT2D eigenvalue weighted by molar-refractivity contribution is 0.00578. The Morgan fingerprint density at radius 2 is 1.80 bits per heavy atom. The lowest BCUT2D eigenvalue weighted by atomic mass is 9.78. The summed E-state index contributed by atoms with van der Waals surface area (Å²) in [5.74, 6) is -0.168. The molecule has 6 heteroatoms. The molecule has 0 N–H and O–H groups in total. The Bertz CT molecular complexity index is 770. The molecule has 0 saturated carbocycles. The van der Waals surface area contributed by atoms with Crippen LogP contribution in [-0.4, -0.2) is 28.1 Å². The number of hydrogen-bond donors (Lipinski definition) is 0. The van der Waals surface area contributed by atoms with Crippen LogP contribution in [0.25, 0.3) is 11.3 Å². The second-order valence-corrected chi connectivity index (χ2v) is 7.75. The number of aromatic nitrogens is 2. The molecule has 1 saturated heterocycles. The van der Waals surface area contributed by atoms with Crippen molar-refractivity contribution < 1.29 is 13.7 Å². The largest absolute Gasteiger partial charge is 0.498 e. The maximum absolute atomic E-state index is 14.0. The fourth-order valence-electron chi connectivity index (χ4n) is 3.06. The molecule has 0 radical (unpaired) electrons. The standard InChI is InChI=1S/C19H26BFN2O2/c1-7-8-13-11-14(9-10-16(13)21)17-15(12-23(6)22-17)20-24-18(2,3)19(4,5)25-20/h9-12H,7-8H2,1-6H3. The molecule has 134 valence electrons. The van der Waals surface area contributed by atoms with Crippen LogP contribution in [-0.2, 0) is 22.8 Å². The van der Waals surface area contributed by atoms with Gasteiger partial charge in [-0.05, 0) is 57.9 Å². The smallest absolute Gasteiger partial charge is 0.399 e. The summed E-state index contributed by atoms with van der Waals surface area (Å²) in [6, 6.07) is 5.17. The van der Waals surface area contributed by atoms with Gasteiger partial charge in [0.25, 0.3) is 0 Å². The summed E-state index contributed by atoms with van der Waals surface area (Å²) in [5.41, 5.74) is 2.41. The Morgan fingerprint density at radius 1 is 1.16 bits per heavy atom. The molecule has 1 aromatic heterocycles. The van der Waals surface area contributed by atoms with Gasteiger partial charge in [0.1, 0.15) is 5.82 Å². The van der Waals surface area contributed by atoms with Crippen molar-refractivity contribution in [1.82, 2.24) is 9.78 Å². The second-order valence-electron chi connectivity index (χ2n) is 7.75. The summed E-state index contributed by atoms with van der Waals surface area (Å²) < 4.78 is 28.1. The highest BCUT2D eigenvalue weighted by molar-refractivity contribution is 6.63. The van der Waals surface area contributed by atoms with E-state index in [4.69, 9.17) is 9.31 Å². The van der Waals surface area contributed by atoms with E-state index in [2.05, 4.69) is 5.10 Å². The summed E-state index contributed by atoms with van der Waals surface area (Å²) >= 11 is 0. The quantitative estimate of drug-likeness (QED) is 0.797. The molecule has 0 amide bonds. The van der Waals surface area contributed by atoms with Crippen molar-refractivity contribution in [2.24, 2.45) is 7.05 Å². The van der Waals surface area contributed by atoms with Crippen LogP contribution < -0.4 is 5.46 Å². The summed E-state index contributed by atoms with van der Waals surface area (Å²) in [6.07, 6.45) is 3.52. The molecule has 4 nitrogen and oxygen atoms in total. The molecule has 1 aromatic carbocycles. The van der Waals surface area contributed by atoms with Crippen LogP contribution in [0.3, 0.4) is 0 Å². The minimum absolute atomic E-state index is 0.168. The molecule has 0 unspecified atom stereocenters. The predicted molar refractivity (Wildman–Crippen MR) is 98.3 cm³/mol. The number of rotatable bonds is 4. The minimum Gasteiger partial charge on any atom is -0.399 e. The van der Waals surface area contributed by atoms with Crippen molar-refractivity contribution in [1.29, 1.82) is 0 Å². The average Bonchev–Trinajstić information content (AvgIpc) is 2.99. The van der Waals surface area contributed by atoms with Crippen LogP contribution in [0, 0.1) is 5.82 Å². The third kappa shape index (κ3) is 3.25. The maximum Gasteiger partial charge on any atom is 0.498 e. The summed E-state index contributed by atoms with van der Waals surface area (Å²) in [5, 5.41) is 4.59. The van der Waals surface area contributed by atoms with Crippen LogP contribution in [0.2, 0.25) is 0 Å². The molecular weight excluding hydrogens is 318 g/mol. The van der Waals surface area contributed by atoms with Crippen molar-refractivity contribution in [3.63, 3.8) is 0 Å². The highest BCUT2D eigenvalue weighted by atomic mass is 19.1. The van der Waals surface area contributed by atoms with Gasteiger partial charge in [-0.1, -0.05) is 13.3 Å². The summed E-state index contributed by atoms with van der Waals surface area (Å²) in [7, 11) is 1.38. The fourth-order valence-corrected chi connectivity index (χ4v) is 3.06. The van der Waals surface area contributed by atoms with E-state index < -0.39 is 18.3 Å². The van der Waals surface area contributed by atoms with E-state index in [0.29, 0.717) is 12.0 Å². The Kier molecular flexibility index (Phi) is 4.54. The molecule has 0 atom stereocenters. The van der Waals surface area contributed by atoms with E-state index in [1.54, 1.807) is 10.7 Å². The molecule has 0 bridgehead atoms. The second kappa shape index (κ2) is 6.25. The number of benzene rings is 1. The number of halogens is 1. The first kappa shape index (κ1) is 18.1. The van der Waals surface area contributed by atoms with Crippen LogP contribution in [0.15, 0.2) is 24.4 Å². The van der Waals surface area contributed by atoms with Crippen molar-refractivity contribution in [3.05, 3.63) is 35.8 Å². The van der Waals surface area contributed by atoms with Crippen LogP contribution in [0.1, 0.15) is 46.6 Å². The van der Waals surface area contributed by atoms with Crippen molar-refractivity contribution in [2.75, 3.05) is 0 Å². The van der Waals surface area contributed by atoms with E-state index in [1.807, 2.05) is 53.9 Å². The molecule has 3 rings (SSSR count). The van der Waals surface area contributed by atoms with Crippen LogP contribution in [0.4, 0.5) is 4.39 Å². The minimum atomic E-state index is -0.492. The molecular formula is C19H26BFN2O2. The van der Waals surface area contributed by atoms with Gasteiger partial charge in [0, 0.05) is 24.3 Å². The molecule has 25 heavy (non-hydrogen) atoms. The highest BCUT2D eigenvalue weighted by Crippen LogP contribution is 2.37. The van der Waals surface area contributed by atoms with Gasteiger partial charge in [-0.15, -0.1) is 0 Å². The first-order valence-corrected chi connectivity index (χ1v) is 8.82. The molecule has 2 aromatic rings. The Hall–Kier alpha value is -1.66. The van der Waals surface area contributed by atoms with Gasteiger partial charge in [0.2, 0.25) is 0 Å². The normalized spacial score (nSPS) is 18.8. The number of nitrogens with zero attached hydrogens (tertiary/aromatic N) is 2. The molecule has 0 aliphatic carbocycles. The van der Waals surface area contributed by atoms with Gasteiger partial charge in [-0.2, -0.15) is 5.10 Å². The monoisotopic (exact) mass is 344 g/mol. The Morgan fingerprint density at radius 3 is 2.40 bits per heavy atom. The van der Waals surface area contributed by atoms with Gasteiger partial charge >= 0.3 is 7.12 Å². The van der Waals surface area contributed by atoms with Gasteiger partial charge in [-0.25, -0.2) is 4.39 Å². The first-order chi connectivity index (χ1) is 11.6. The number of aryl methyl sites for hydroxylation is 2. The van der Waals surface area contributed by atoms with Crippen LogP contribution >= 0.6 is 0 Å². The molecule has 1 fully saturated rings. The Balaban J connectivity index is 2.02. The van der Waals surface area contributed by atoms with Crippen molar-refractivity contribution in [3.8, 4) is 11.3 Å². The van der Waals surface area contributed by atoms with Crippen molar-refractivity contribution >= 4 is 12.6 Å². The van der Waals surface area contributed by atoms with Gasteiger partial charge in [-0.3, -0.25) is 4.68 Å². The van der Waals surface area contributed by atoms with Gasteiger partial charge in [0.15, 0.2) is 0 Å². The lowest BCUT2D eigenvalue weighted by Gasteiger charge is -2.32. The van der Waals surface area contributed by atoms with Gasteiger partial charge in [0.05, 0.1) is 16.9 Å². The number of hydrogen-bond acceptors (Lipinski definition) is 3. The van der Waals surface area contributed by atoms with Crippen molar-refractivity contribution in [2.45, 2.75) is 58.7 Å². The van der Waals surface area contributed by atoms with Crippen LogP contribution in [0.5, 0.6) is 0 Å². The third-order valence-corrected chi connectivity index (χ3v) is 5.20. The molecule has 1 aliphatic rings. The molecule has 2 heterocycles. The summed E-state index contributed by atoms with van der Waals surface area (Å²) in [4.78, 5) is 0. The zero-order valence-electron chi connectivity index (χ0n) is 15.9. The van der Waals surface area contributed by atoms with E-state index in [-0.39, 0.29) is 5.82 Å². The average molecular weight is 344 g/mol. The maximum atomic E-state index is 14.0. The zero-order valence-corrected chi connectivity index (χ0v) is 15.9. The van der Waals surface area contributed by atoms with E-state index in [1.165, 1.54) is 6.07 Å². The molecule has 0 spiro atoms. The first-order valence-electron chi connectivity index (χ1n) is 8.82. The lowest BCUT2D eigenvalue weighted by Crippen LogP contribution is -2.41. The Labute approximate surface area is 149 Å². The van der Waals surface area contributed by atoms with E-state index in [9.17, 15) is 4.39 Å². The zero-order chi connectivity index (χ0) is 18.4. The molecule has 1 aliphatic heterocycles. The SMILES string of the molecule is CCCc1cc(-c2nn(C)cc2B2OC(C)(C)C(C)(C)O2)ccc1F. The fraction of sp³-hybridized carbons (Fsp3) is 0.526. The third-order valence-electron chi connectivity index (χ3n) is 5.20. The topological polar surface area (TPSA) is 36.3 Å². The highest BCUT2D eigenvalue weighted by Gasteiger charge is 2.52. The van der Waals surface area contributed by atoms with E-state index in [0.717, 1.165) is 23.1 Å². The van der Waals surface area contributed by atoms with E-state index >= 15 is 0 Å².